The van der Waals surface area contributed by atoms with Crippen molar-refractivity contribution in [3.63, 3.8) is 0 Å². The summed E-state index contributed by atoms with van der Waals surface area (Å²) in [6.45, 7) is 7.84. The third-order valence-electron chi connectivity index (χ3n) is 4.15. The van der Waals surface area contributed by atoms with Crippen molar-refractivity contribution in [2.45, 2.75) is 45.6 Å². The van der Waals surface area contributed by atoms with E-state index in [4.69, 9.17) is 0 Å². The highest BCUT2D eigenvalue weighted by molar-refractivity contribution is 5.75. The molecule has 1 aromatic rings. The van der Waals surface area contributed by atoms with E-state index in [0.717, 1.165) is 39.0 Å². The van der Waals surface area contributed by atoms with Gasteiger partial charge in [0.05, 0.1) is 0 Å². The summed E-state index contributed by atoms with van der Waals surface area (Å²) in [5.41, 5.74) is 2.79. The molecule has 1 fully saturated rings. The maximum absolute atomic E-state index is 11.7. The van der Waals surface area contributed by atoms with E-state index in [2.05, 4.69) is 36.5 Å². The minimum Gasteiger partial charge on any atom is -0.343 e. The fourth-order valence-electron chi connectivity index (χ4n) is 2.91. The van der Waals surface area contributed by atoms with Crippen LogP contribution in [0.15, 0.2) is 24.3 Å². The predicted molar refractivity (Wildman–Crippen MR) is 82.7 cm³/mol. The number of rotatable bonds is 5. The molecule has 1 N–H and O–H groups in total. The van der Waals surface area contributed by atoms with Gasteiger partial charge in [0.15, 0.2) is 0 Å². The Hall–Kier alpha value is -1.35. The third-order valence-corrected chi connectivity index (χ3v) is 4.15. The molecule has 0 spiro atoms. The van der Waals surface area contributed by atoms with Crippen LogP contribution in [0.2, 0.25) is 0 Å². The molecule has 110 valence electrons. The van der Waals surface area contributed by atoms with E-state index in [9.17, 15) is 4.79 Å². The van der Waals surface area contributed by atoms with Crippen molar-refractivity contribution >= 4 is 5.91 Å². The standard InChI is InChI=1S/C17H26N2O/c1-3-17(20)19-10-8-15(9-11-19)16-7-5-6-14(12-16)13-18-4-2/h5-7,12,15,18H,3-4,8-11,13H2,1-2H3. The summed E-state index contributed by atoms with van der Waals surface area (Å²) >= 11 is 0. The number of hydrogen-bond donors (Lipinski definition) is 1. The van der Waals surface area contributed by atoms with Gasteiger partial charge in [0.25, 0.3) is 0 Å². The van der Waals surface area contributed by atoms with Crippen LogP contribution < -0.4 is 5.32 Å². The van der Waals surface area contributed by atoms with Crippen LogP contribution in [0.1, 0.15) is 50.2 Å². The lowest BCUT2D eigenvalue weighted by Gasteiger charge is -2.32. The zero-order valence-electron chi connectivity index (χ0n) is 12.7. The highest BCUT2D eigenvalue weighted by Crippen LogP contribution is 2.28. The molecule has 1 aromatic carbocycles. The molecule has 20 heavy (non-hydrogen) atoms. The summed E-state index contributed by atoms with van der Waals surface area (Å²) in [5.74, 6) is 0.904. The monoisotopic (exact) mass is 274 g/mol. The zero-order chi connectivity index (χ0) is 14.4. The number of likely N-dealkylation sites (tertiary alicyclic amines) is 1. The first-order valence-corrected chi connectivity index (χ1v) is 7.82. The smallest absolute Gasteiger partial charge is 0.222 e. The van der Waals surface area contributed by atoms with Crippen molar-refractivity contribution in [1.82, 2.24) is 10.2 Å². The molecule has 3 heteroatoms. The maximum Gasteiger partial charge on any atom is 0.222 e. The second kappa shape index (κ2) is 7.44. The van der Waals surface area contributed by atoms with E-state index < -0.39 is 0 Å². The van der Waals surface area contributed by atoms with Gasteiger partial charge in [-0.2, -0.15) is 0 Å². The quantitative estimate of drug-likeness (QED) is 0.895. The SMILES string of the molecule is CCNCc1cccc(C2CCN(C(=O)CC)CC2)c1. The van der Waals surface area contributed by atoms with Crippen molar-refractivity contribution in [3.8, 4) is 0 Å². The van der Waals surface area contributed by atoms with E-state index >= 15 is 0 Å². The highest BCUT2D eigenvalue weighted by atomic mass is 16.2. The van der Waals surface area contributed by atoms with Crippen LogP contribution in [0.5, 0.6) is 0 Å². The van der Waals surface area contributed by atoms with Crippen molar-refractivity contribution < 1.29 is 4.79 Å². The Labute approximate surface area is 122 Å². The number of piperidine rings is 1. The molecule has 0 aromatic heterocycles. The fraction of sp³-hybridized carbons (Fsp3) is 0.588. The molecule has 0 atom stereocenters. The Balaban J connectivity index is 1.94. The zero-order valence-corrected chi connectivity index (χ0v) is 12.7. The van der Waals surface area contributed by atoms with Gasteiger partial charge in [-0.05, 0) is 36.4 Å². The molecule has 1 aliphatic rings. The molecular formula is C17H26N2O. The number of hydrogen-bond acceptors (Lipinski definition) is 2. The lowest BCUT2D eigenvalue weighted by Crippen LogP contribution is -2.37. The summed E-state index contributed by atoms with van der Waals surface area (Å²) in [7, 11) is 0. The molecule has 0 unspecified atom stereocenters. The molecule has 1 saturated heterocycles. The second-order valence-corrected chi connectivity index (χ2v) is 5.53. The molecule has 1 amide bonds. The van der Waals surface area contributed by atoms with Crippen molar-refractivity contribution in [2.75, 3.05) is 19.6 Å². The Kier molecular flexibility index (Phi) is 5.60. The van der Waals surface area contributed by atoms with Crippen LogP contribution in [0.25, 0.3) is 0 Å². The molecule has 0 saturated carbocycles. The maximum atomic E-state index is 11.7. The average molecular weight is 274 g/mol. The first kappa shape index (κ1) is 15.0. The Morgan fingerprint density at radius 1 is 1.30 bits per heavy atom. The summed E-state index contributed by atoms with van der Waals surface area (Å²) < 4.78 is 0. The number of nitrogens with one attached hydrogen (secondary N) is 1. The molecule has 0 bridgehead atoms. The average Bonchev–Trinajstić information content (AvgIpc) is 2.52. The molecule has 1 aliphatic heterocycles. The van der Waals surface area contributed by atoms with Crippen molar-refractivity contribution in [2.24, 2.45) is 0 Å². The van der Waals surface area contributed by atoms with Crippen molar-refractivity contribution in [3.05, 3.63) is 35.4 Å². The van der Waals surface area contributed by atoms with E-state index in [1.807, 2.05) is 11.8 Å². The van der Waals surface area contributed by atoms with Gasteiger partial charge in [0.2, 0.25) is 5.91 Å². The third kappa shape index (κ3) is 3.83. The summed E-state index contributed by atoms with van der Waals surface area (Å²) in [4.78, 5) is 13.7. The highest BCUT2D eigenvalue weighted by Gasteiger charge is 2.22. The topological polar surface area (TPSA) is 32.3 Å². The normalized spacial score (nSPS) is 16.4. The number of carbonyl (C=O) groups is 1. The van der Waals surface area contributed by atoms with Crippen LogP contribution in [0, 0.1) is 0 Å². The summed E-state index contributed by atoms with van der Waals surface area (Å²) in [5, 5.41) is 3.37. The van der Waals surface area contributed by atoms with Crippen LogP contribution in [-0.2, 0) is 11.3 Å². The molecule has 3 nitrogen and oxygen atoms in total. The second-order valence-electron chi connectivity index (χ2n) is 5.53. The number of carbonyl (C=O) groups excluding carboxylic acids is 1. The lowest BCUT2D eigenvalue weighted by atomic mass is 9.88. The van der Waals surface area contributed by atoms with E-state index in [-0.39, 0.29) is 0 Å². The number of nitrogens with zero attached hydrogens (tertiary/aromatic N) is 1. The summed E-state index contributed by atoms with van der Waals surface area (Å²) in [6, 6.07) is 8.90. The van der Waals surface area contributed by atoms with Gasteiger partial charge in [-0.25, -0.2) is 0 Å². The molecule has 2 rings (SSSR count). The van der Waals surface area contributed by atoms with Crippen molar-refractivity contribution in [1.29, 1.82) is 0 Å². The van der Waals surface area contributed by atoms with Gasteiger partial charge in [0, 0.05) is 26.1 Å². The van der Waals surface area contributed by atoms with Gasteiger partial charge in [0.1, 0.15) is 0 Å². The number of amides is 1. The lowest BCUT2D eigenvalue weighted by molar-refractivity contribution is -0.131. The summed E-state index contributed by atoms with van der Waals surface area (Å²) in [6.07, 6.45) is 2.82. The number of benzene rings is 1. The Bertz CT molecular complexity index is 436. The van der Waals surface area contributed by atoms with Gasteiger partial charge in [-0.3, -0.25) is 4.79 Å². The van der Waals surface area contributed by atoms with Crippen LogP contribution >= 0.6 is 0 Å². The van der Waals surface area contributed by atoms with Gasteiger partial charge in [-0.1, -0.05) is 38.1 Å². The van der Waals surface area contributed by atoms with E-state index in [1.54, 1.807) is 0 Å². The largest absolute Gasteiger partial charge is 0.343 e. The molecule has 0 radical (unpaired) electrons. The minimum absolute atomic E-state index is 0.296. The molecular weight excluding hydrogens is 248 g/mol. The minimum atomic E-state index is 0.296. The van der Waals surface area contributed by atoms with Gasteiger partial charge >= 0.3 is 0 Å². The van der Waals surface area contributed by atoms with Gasteiger partial charge < -0.3 is 10.2 Å². The van der Waals surface area contributed by atoms with E-state index in [0.29, 0.717) is 18.2 Å². The molecule has 0 aliphatic carbocycles. The van der Waals surface area contributed by atoms with Crippen LogP contribution in [0.4, 0.5) is 0 Å². The first-order valence-electron chi connectivity index (χ1n) is 7.82. The van der Waals surface area contributed by atoms with Crippen LogP contribution in [0.3, 0.4) is 0 Å². The van der Waals surface area contributed by atoms with Crippen LogP contribution in [-0.4, -0.2) is 30.4 Å². The fourth-order valence-corrected chi connectivity index (χ4v) is 2.91. The molecule has 1 heterocycles. The Morgan fingerprint density at radius 2 is 2.05 bits per heavy atom. The van der Waals surface area contributed by atoms with E-state index in [1.165, 1.54) is 11.1 Å². The first-order chi connectivity index (χ1) is 9.74. The Morgan fingerprint density at radius 3 is 2.70 bits per heavy atom. The predicted octanol–water partition coefficient (Wildman–Crippen LogP) is 2.91. The van der Waals surface area contributed by atoms with Gasteiger partial charge in [-0.15, -0.1) is 0 Å².